The van der Waals surface area contributed by atoms with Crippen LogP contribution in [0.1, 0.15) is 21.5 Å². The number of methoxy groups -OCH3 is 1. The van der Waals surface area contributed by atoms with Crippen LogP contribution >= 0.6 is 43.2 Å². The molecule has 4 heteroatoms. The molecule has 0 aliphatic heterocycles. The summed E-state index contributed by atoms with van der Waals surface area (Å²) < 4.78 is 6.25. The van der Waals surface area contributed by atoms with Crippen molar-refractivity contribution in [2.75, 3.05) is 13.7 Å². The molecule has 0 amide bonds. The van der Waals surface area contributed by atoms with Gasteiger partial charge in [0.2, 0.25) is 0 Å². The largest absolute Gasteiger partial charge is 0.384 e. The minimum Gasteiger partial charge on any atom is -0.384 e. The van der Waals surface area contributed by atoms with E-state index in [1.165, 1.54) is 20.5 Å². The molecule has 0 saturated carbocycles. The molecule has 1 nitrogen and oxygen atoms in total. The minimum absolute atomic E-state index is 0.261. The molecule has 0 bridgehead atoms. The number of hydrogen-bond acceptors (Lipinski definition) is 2. The zero-order chi connectivity index (χ0) is 13.0. The average Bonchev–Trinajstić information content (AvgIpc) is 2.83. The number of rotatable bonds is 5. The SMILES string of the molecule is COCCc1ccc(C(Br)c2csc(Br)c2)cc1. The predicted octanol–water partition coefficient (Wildman–Crippen LogP) is 5.18. The Kier molecular flexibility index (Phi) is 5.42. The molecule has 1 aromatic carbocycles. The van der Waals surface area contributed by atoms with Gasteiger partial charge < -0.3 is 4.74 Å². The fourth-order valence-electron chi connectivity index (χ4n) is 1.72. The summed E-state index contributed by atoms with van der Waals surface area (Å²) in [5.74, 6) is 0. The molecule has 18 heavy (non-hydrogen) atoms. The van der Waals surface area contributed by atoms with E-state index in [0.29, 0.717) is 0 Å². The van der Waals surface area contributed by atoms with Crippen molar-refractivity contribution in [1.29, 1.82) is 0 Å². The third kappa shape index (κ3) is 3.67. The highest BCUT2D eigenvalue weighted by Crippen LogP contribution is 2.35. The summed E-state index contributed by atoms with van der Waals surface area (Å²) in [6.07, 6.45) is 0.966. The fraction of sp³-hybridized carbons (Fsp3) is 0.286. The molecule has 2 aromatic rings. The Bertz CT molecular complexity index is 493. The van der Waals surface area contributed by atoms with Crippen molar-refractivity contribution in [3.8, 4) is 0 Å². The molecule has 0 spiro atoms. The Balaban J connectivity index is 2.09. The Morgan fingerprint density at radius 3 is 2.50 bits per heavy atom. The second-order valence-electron chi connectivity index (χ2n) is 4.03. The Morgan fingerprint density at radius 2 is 1.94 bits per heavy atom. The van der Waals surface area contributed by atoms with Gasteiger partial charge in [0.1, 0.15) is 0 Å². The normalized spacial score (nSPS) is 12.6. The molecule has 0 radical (unpaired) electrons. The standard InChI is InChI=1S/C14H14Br2OS/c1-17-7-6-10-2-4-11(5-3-10)14(16)12-8-13(15)18-9-12/h2-5,8-9,14H,6-7H2,1H3. The molecule has 0 aliphatic rings. The van der Waals surface area contributed by atoms with Crippen LogP contribution in [0.25, 0.3) is 0 Å². The van der Waals surface area contributed by atoms with Crippen LogP contribution in [0.4, 0.5) is 0 Å². The molecular formula is C14H14Br2OS. The van der Waals surface area contributed by atoms with E-state index in [4.69, 9.17) is 4.74 Å². The fourth-order valence-corrected chi connectivity index (χ4v) is 3.67. The molecule has 1 aromatic heterocycles. The number of alkyl halides is 1. The lowest BCUT2D eigenvalue weighted by Crippen LogP contribution is -1.95. The zero-order valence-electron chi connectivity index (χ0n) is 10.0. The van der Waals surface area contributed by atoms with E-state index in [9.17, 15) is 0 Å². The lowest BCUT2D eigenvalue weighted by atomic mass is 10.0. The third-order valence-corrected chi connectivity index (χ3v) is 5.33. The third-order valence-electron chi connectivity index (χ3n) is 2.75. The van der Waals surface area contributed by atoms with Crippen molar-refractivity contribution in [2.24, 2.45) is 0 Å². The quantitative estimate of drug-likeness (QED) is 0.639. The van der Waals surface area contributed by atoms with Crippen LogP contribution < -0.4 is 0 Å². The highest BCUT2D eigenvalue weighted by Gasteiger charge is 2.11. The number of thiophene rings is 1. The van der Waals surface area contributed by atoms with Crippen LogP contribution in [0.3, 0.4) is 0 Å². The molecule has 1 atom stereocenters. The van der Waals surface area contributed by atoms with Crippen molar-refractivity contribution < 1.29 is 4.74 Å². The van der Waals surface area contributed by atoms with Gasteiger partial charge in [-0.25, -0.2) is 0 Å². The van der Waals surface area contributed by atoms with Gasteiger partial charge in [0.15, 0.2) is 0 Å². The van der Waals surface area contributed by atoms with E-state index in [2.05, 4.69) is 67.6 Å². The molecule has 0 fully saturated rings. The number of ether oxygens (including phenoxy) is 1. The molecule has 1 unspecified atom stereocenters. The first kappa shape index (κ1) is 14.3. The van der Waals surface area contributed by atoms with Crippen molar-refractivity contribution >= 4 is 43.2 Å². The van der Waals surface area contributed by atoms with Gasteiger partial charge in [-0.05, 0) is 50.5 Å². The van der Waals surface area contributed by atoms with Crippen LogP contribution in [-0.2, 0) is 11.2 Å². The topological polar surface area (TPSA) is 9.23 Å². The van der Waals surface area contributed by atoms with Crippen molar-refractivity contribution in [3.05, 3.63) is 56.2 Å². The summed E-state index contributed by atoms with van der Waals surface area (Å²) in [5.41, 5.74) is 3.88. The molecule has 0 aliphatic carbocycles. The van der Waals surface area contributed by atoms with Gasteiger partial charge in [-0.15, -0.1) is 11.3 Å². The monoisotopic (exact) mass is 388 g/mol. The summed E-state index contributed by atoms with van der Waals surface area (Å²) in [6, 6.07) is 10.9. The van der Waals surface area contributed by atoms with Gasteiger partial charge in [-0.1, -0.05) is 40.2 Å². The summed E-state index contributed by atoms with van der Waals surface area (Å²) in [4.78, 5) is 0.261. The summed E-state index contributed by atoms with van der Waals surface area (Å²) in [5, 5.41) is 2.17. The van der Waals surface area contributed by atoms with Crippen LogP contribution in [0.15, 0.2) is 39.5 Å². The van der Waals surface area contributed by atoms with E-state index in [0.717, 1.165) is 13.0 Å². The molecule has 1 heterocycles. The Hall–Kier alpha value is -0.160. The van der Waals surface area contributed by atoms with Gasteiger partial charge >= 0.3 is 0 Å². The first-order chi connectivity index (χ1) is 8.70. The number of hydrogen-bond donors (Lipinski definition) is 0. The molecule has 0 N–H and O–H groups in total. The van der Waals surface area contributed by atoms with E-state index in [-0.39, 0.29) is 4.83 Å². The highest BCUT2D eigenvalue weighted by atomic mass is 79.9. The average molecular weight is 390 g/mol. The van der Waals surface area contributed by atoms with Crippen molar-refractivity contribution in [2.45, 2.75) is 11.2 Å². The van der Waals surface area contributed by atoms with E-state index >= 15 is 0 Å². The molecular weight excluding hydrogens is 376 g/mol. The Labute approximate surface area is 128 Å². The van der Waals surface area contributed by atoms with Gasteiger partial charge in [-0.2, -0.15) is 0 Å². The lowest BCUT2D eigenvalue weighted by Gasteiger charge is -2.09. The zero-order valence-corrected chi connectivity index (χ0v) is 14.0. The second-order valence-corrected chi connectivity index (χ2v) is 7.24. The van der Waals surface area contributed by atoms with E-state index in [1.54, 1.807) is 18.4 Å². The summed E-state index contributed by atoms with van der Waals surface area (Å²) in [7, 11) is 1.73. The van der Waals surface area contributed by atoms with Crippen LogP contribution in [-0.4, -0.2) is 13.7 Å². The minimum atomic E-state index is 0.261. The lowest BCUT2D eigenvalue weighted by molar-refractivity contribution is 0.202. The van der Waals surface area contributed by atoms with Crippen LogP contribution in [0, 0.1) is 0 Å². The van der Waals surface area contributed by atoms with Crippen molar-refractivity contribution in [1.82, 2.24) is 0 Å². The number of halogens is 2. The maximum atomic E-state index is 5.08. The van der Waals surface area contributed by atoms with Crippen molar-refractivity contribution in [3.63, 3.8) is 0 Å². The van der Waals surface area contributed by atoms with Gasteiger partial charge in [0, 0.05) is 7.11 Å². The molecule has 96 valence electrons. The van der Waals surface area contributed by atoms with E-state index in [1.807, 2.05) is 0 Å². The molecule has 0 saturated heterocycles. The van der Waals surface area contributed by atoms with Gasteiger partial charge in [0.05, 0.1) is 15.2 Å². The van der Waals surface area contributed by atoms with E-state index < -0.39 is 0 Å². The summed E-state index contributed by atoms with van der Waals surface area (Å²) >= 11 is 8.95. The van der Waals surface area contributed by atoms with Crippen LogP contribution in [0.2, 0.25) is 0 Å². The first-order valence-corrected chi connectivity index (χ1v) is 8.25. The maximum absolute atomic E-state index is 5.08. The Morgan fingerprint density at radius 1 is 1.22 bits per heavy atom. The van der Waals surface area contributed by atoms with Gasteiger partial charge in [0.25, 0.3) is 0 Å². The van der Waals surface area contributed by atoms with Gasteiger partial charge in [-0.3, -0.25) is 0 Å². The predicted molar refractivity (Wildman–Crippen MR) is 84.8 cm³/mol. The highest BCUT2D eigenvalue weighted by molar-refractivity contribution is 9.11. The smallest absolute Gasteiger partial charge is 0.0701 e. The molecule has 2 rings (SSSR count). The first-order valence-electron chi connectivity index (χ1n) is 5.66. The number of benzene rings is 1. The maximum Gasteiger partial charge on any atom is 0.0701 e. The summed E-state index contributed by atoms with van der Waals surface area (Å²) in [6.45, 7) is 0.772. The second kappa shape index (κ2) is 6.85. The van der Waals surface area contributed by atoms with Crippen LogP contribution in [0.5, 0.6) is 0 Å².